The van der Waals surface area contributed by atoms with Crippen LogP contribution in [0, 0.1) is 13.8 Å². The first kappa shape index (κ1) is 23.7. The summed E-state index contributed by atoms with van der Waals surface area (Å²) in [4.78, 5) is 22.6. The van der Waals surface area contributed by atoms with E-state index < -0.39 is 0 Å². The van der Waals surface area contributed by atoms with Crippen LogP contribution in [-0.4, -0.2) is 65.0 Å². The lowest BCUT2D eigenvalue weighted by molar-refractivity contribution is 0.0376. The van der Waals surface area contributed by atoms with E-state index in [4.69, 9.17) is 9.72 Å². The molecule has 2 aromatic heterocycles. The molecule has 1 aliphatic heterocycles. The highest BCUT2D eigenvalue weighted by Crippen LogP contribution is 2.33. The van der Waals surface area contributed by atoms with Crippen molar-refractivity contribution in [3.63, 3.8) is 0 Å². The van der Waals surface area contributed by atoms with E-state index in [0.717, 1.165) is 60.2 Å². The van der Waals surface area contributed by atoms with Crippen LogP contribution in [0.3, 0.4) is 0 Å². The van der Waals surface area contributed by atoms with Crippen LogP contribution in [0.1, 0.15) is 35.0 Å². The topological polar surface area (TPSA) is 63.5 Å². The Balaban J connectivity index is 0.00000272. The number of hydrogen-bond acceptors (Lipinski definition) is 6. The molecular formula is C22H30ClN5O2S. The van der Waals surface area contributed by atoms with Gasteiger partial charge in [-0.3, -0.25) is 19.3 Å². The molecule has 0 bridgehead atoms. The minimum absolute atomic E-state index is 0. The van der Waals surface area contributed by atoms with Crippen molar-refractivity contribution in [1.29, 1.82) is 0 Å². The van der Waals surface area contributed by atoms with Gasteiger partial charge in [-0.15, -0.1) is 12.4 Å². The molecule has 1 aromatic carbocycles. The van der Waals surface area contributed by atoms with E-state index >= 15 is 0 Å². The number of nitrogens with zero attached hydrogens (tertiary/aromatic N) is 5. The van der Waals surface area contributed by atoms with E-state index in [0.29, 0.717) is 18.8 Å². The summed E-state index contributed by atoms with van der Waals surface area (Å²) in [6.45, 7) is 11.9. The molecular weight excluding hydrogens is 434 g/mol. The average molecular weight is 464 g/mol. The monoisotopic (exact) mass is 463 g/mol. The molecule has 0 spiro atoms. The fraction of sp³-hybridized carbons (Fsp3) is 0.500. The van der Waals surface area contributed by atoms with Gasteiger partial charge in [-0.05, 0) is 44.4 Å². The number of ether oxygens (including phenoxy) is 1. The summed E-state index contributed by atoms with van der Waals surface area (Å²) in [6, 6.07) is 6.01. The van der Waals surface area contributed by atoms with Crippen LogP contribution >= 0.6 is 23.7 Å². The van der Waals surface area contributed by atoms with Crippen LogP contribution in [0.2, 0.25) is 0 Å². The maximum atomic E-state index is 13.5. The first-order chi connectivity index (χ1) is 14.6. The lowest BCUT2D eigenvalue weighted by Crippen LogP contribution is -2.39. The van der Waals surface area contributed by atoms with Gasteiger partial charge in [0, 0.05) is 38.9 Å². The third-order valence-electron chi connectivity index (χ3n) is 5.60. The molecule has 1 saturated heterocycles. The number of fused-ring (bicyclic) bond motifs is 1. The lowest BCUT2D eigenvalue weighted by atomic mass is 10.1. The Kier molecular flexibility index (Phi) is 8.05. The van der Waals surface area contributed by atoms with Crippen molar-refractivity contribution < 1.29 is 9.53 Å². The van der Waals surface area contributed by atoms with Crippen molar-refractivity contribution in [3.05, 3.63) is 41.2 Å². The van der Waals surface area contributed by atoms with E-state index in [9.17, 15) is 4.79 Å². The summed E-state index contributed by atoms with van der Waals surface area (Å²) in [5.74, 6) is -0.0364. The van der Waals surface area contributed by atoms with Gasteiger partial charge in [0.25, 0.3) is 5.91 Å². The number of hydrogen-bond donors (Lipinski definition) is 0. The maximum Gasteiger partial charge on any atom is 0.278 e. The van der Waals surface area contributed by atoms with Gasteiger partial charge in [-0.1, -0.05) is 23.5 Å². The fourth-order valence-electron chi connectivity index (χ4n) is 3.83. The molecule has 0 aliphatic carbocycles. The van der Waals surface area contributed by atoms with Gasteiger partial charge >= 0.3 is 0 Å². The smallest absolute Gasteiger partial charge is 0.278 e. The van der Waals surface area contributed by atoms with Crippen molar-refractivity contribution in [3.8, 4) is 0 Å². The number of carbonyl (C=O) groups is 1. The summed E-state index contributed by atoms with van der Waals surface area (Å²) in [5.41, 5.74) is 3.93. The van der Waals surface area contributed by atoms with Crippen molar-refractivity contribution in [2.24, 2.45) is 0 Å². The highest BCUT2D eigenvalue weighted by Gasteiger charge is 2.25. The fourth-order valence-corrected chi connectivity index (χ4v) is 4.97. The second-order valence-electron chi connectivity index (χ2n) is 7.67. The van der Waals surface area contributed by atoms with E-state index in [-0.39, 0.29) is 18.3 Å². The Morgan fingerprint density at radius 2 is 1.94 bits per heavy atom. The van der Waals surface area contributed by atoms with Crippen LogP contribution in [0.15, 0.2) is 24.4 Å². The molecule has 31 heavy (non-hydrogen) atoms. The number of aromatic nitrogens is 3. The zero-order valence-corrected chi connectivity index (χ0v) is 20.0. The van der Waals surface area contributed by atoms with Gasteiger partial charge in [-0.2, -0.15) is 5.10 Å². The zero-order chi connectivity index (χ0) is 21.1. The van der Waals surface area contributed by atoms with Gasteiger partial charge in [0.15, 0.2) is 5.13 Å². The SMILES string of the molecule is CCn1nccc1C(=O)N(CCCN1CCOCC1)c1nc2c(C)ccc(C)c2s1.Cl. The molecule has 3 heterocycles. The summed E-state index contributed by atoms with van der Waals surface area (Å²) in [5, 5.41) is 5.05. The Bertz CT molecular complexity index is 989. The molecule has 0 saturated carbocycles. The molecule has 7 nitrogen and oxygen atoms in total. The molecule has 0 atom stereocenters. The third kappa shape index (κ3) is 5.09. The van der Waals surface area contributed by atoms with E-state index in [1.165, 1.54) is 5.56 Å². The van der Waals surface area contributed by atoms with Crippen molar-refractivity contribution >= 4 is 45.0 Å². The van der Waals surface area contributed by atoms with Crippen LogP contribution in [-0.2, 0) is 11.3 Å². The highest BCUT2D eigenvalue weighted by atomic mass is 35.5. The standard InChI is InChI=1S/C22H29N5O2S.ClH/c1-4-27-18(8-9-23-27)21(28)26(11-5-10-25-12-14-29-15-13-25)22-24-19-16(2)6-7-17(3)20(19)30-22;/h6-9H,4-5,10-15H2,1-3H3;1H. The zero-order valence-electron chi connectivity index (χ0n) is 18.3. The summed E-state index contributed by atoms with van der Waals surface area (Å²) >= 11 is 1.60. The number of thiazole rings is 1. The molecule has 3 aromatic rings. The maximum absolute atomic E-state index is 13.5. The Morgan fingerprint density at radius 1 is 1.19 bits per heavy atom. The summed E-state index contributed by atoms with van der Waals surface area (Å²) in [7, 11) is 0. The molecule has 0 radical (unpaired) electrons. The van der Waals surface area contributed by atoms with Crippen LogP contribution < -0.4 is 4.90 Å². The lowest BCUT2D eigenvalue weighted by Gasteiger charge is -2.27. The number of morpholine rings is 1. The highest BCUT2D eigenvalue weighted by molar-refractivity contribution is 7.22. The third-order valence-corrected chi connectivity index (χ3v) is 6.82. The Labute approximate surface area is 193 Å². The van der Waals surface area contributed by atoms with Crippen molar-refractivity contribution in [1.82, 2.24) is 19.7 Å². The molecule has 1 fully saturated rings. The summed E-state index contributed by atoms with van der Waals surface area (Å²) < 4.78 is 8.34. The normalized spacial score (nSPS) is 14.5. The minimum Gasteiger partial charge on any atom is -0.379 e. The predicted molar refractivity (Wildman–Crippen MR) is 128 cm³/mol. The van der Waals surface area contributed by atoms with Gasteiger partial charge < -0.3 is 4.74 Å². The van der Waals surface area contributed by atoms with Crippen molar-refractivity contribution in [2.45, 2.75) is 33.7 Å². The quantitative estimate of drug-likeness (QED) is 0.531. The number of anilines is 1. The molecule has 9 heteroatoms. The van der Waals surface area contributed by atoms with E-state index in [2.05, 4.69) is 36.0 Å². The first-order valence-electron chi connectivity index (χ1n) is 10.6. The summed E-state index contributed by atoms with van der Waals surface area (Å²) in [6.07, 6.45) is 2.58. The Morgan fingerprint density at radius 3 is 2.65 bits per heavy atom. The first-order valence-corrected chi connectivity index (χ1v) is 11.4. The molecule has 1 amide bonds. The van der Waals surface area contributed by atoms with Gasteiger partial charge in [0.2, 0.25) is 0 Å². The molecule has 0 unspecified atom stereocenters. The average Bonchev–Trinajstić information content (AvgIpc) is 3.42. The second kappa shape index (κ2) is 10.5. The van der Waals surface area contributed by atoms with Crippen LogP contribution in [0.4, 0.5) is 5.13 Å². The number of amides is 1. The second-order valence-corrected chi connectivity index (χ2v) is 8.65. The number of benzene rings is 1. The van der Waals surface area contributed by atoms with Crippen molar-refractivity contribution in [2.75, 3.05) is 44.3 Å². The molecule has 168 valence electrons. The molecule has 0 N–H and O–H groups in total. The number of carbonyl (C=O) groups excluding carboxylic acids is 1. The minimum atomic E-state index is -0.0364. The molecule has 4 rings (SSSR count). The number of halogens is 1. The van der Waals surface area contributed by atoms with E-state index in [1.807, 2.05) is 11.8 Å². The van der Waals surface area contributed by atoms with Crippen LogP contribution in [0.25, 0.3) is 10.2 Å². The van der Waals surface area contributed by atoms with Crippen LogP contribution in [0.5, 0.6) is 0 Å². The number of aryl methyl sites for hydroxylation is 3. The van der Waals surface area contributed by atoms with E-state index in [1.54, 1.807) is 28.3 Å². The van der Waals surface area contributed by atoms with Gasteiger partial charge in [0.1, 0.15) is 5.69 Å². The van der Waals surface area contributed by atoms with Gasteiger partial charge in [-0.25, -0.2) is 4.98 Å². The molecule has 1 aliphatic rings. The number of rotatable bonds is 7. The van der Waals surface area contributed by atoms with Gasteiger partial charge in [0.05, 0.1) is 23.4 Å². The Hall–Kier alpha value is -2.00. The predicted octanol–water partition coefficient (Wildman–Crippen LogP) is 3.92. The largest absolute Gasteiger partial charge is 0.379 e.